The second-order valence-electron chi connectivity index (χ2n) is 6.03. The molecule has 0 amide bonds. The number of hydrogen-bond acceptors (Lipinski definition) is 8. The molecule has 8 nitrogen and oxygen atoms in total. The highest BCUT2D eigenvalue weighted by Crippen LogP contribution is 2.17. The highest BCUT2D eigenvalue weighted by molar-refractivity contribution is 5.32. The van der Waals surface area contributed by atoms with Gasteiger partial charge in [0.25, 0.3) is 0 Å². The number of nitrogen functional groups attached to an aromatic ring is 1. The Kier molecular flexibility index (Phi) is 5.11. The van der Waals surface area contributed by atoms with Gasteiger partial charge in [0, 0.05) is 39.3 Å². The van der Waals surface area contributed by atoms with Gasteiger partial charge in [-0.3, -0.25) is 9.80 Å². The summed E-state index contributed by atoms with van der Waals surface area (Å²) in [5, 5.41) is 8.92. The summed E-state index contributed by atoms with van der Waals surface area (Å²) >= 11 is 0. The lowest BCUT2D eigenvalue weighted by Gasteiger charge is -2.43. The number of anilines is 2. The third-order valence-corrected chi connectivity index (χ3v) is 3.88. The molecule has 8 heteroatoms. The van der Waals surface area contributed by atoms with Crippen molar-refractivity contribution in [1.29, 1.82) is 5.26 Å². The molecular weight excluding hydrogens is 280 g/mol. The summed E-state index contributed by atoms with van der Waals surface area (Å²) in [6.45, 7) is 7.17. The van der Waals surface area contributed by atoms with Crippen molar-refractivity contribution in [2.75, 3.05) is 44.4 Å². The van der Waals surface area contributed by atoms with E-state index in [0.717, 1.165) is 13.1 Å². The van der Waals surface area contributed by atoms with Gasteiger partial charge in [0.1, 0.15) is 5.82 Å². The van der Waals surface area contributed by atoms with Gasteiger partial charge in [-0.1, -0.05) is 0 Å². The van der Waals surface area contributed by atoms with E-state index in [-0.39, 0.29) is 5.95 Å². The summed E-state index contributed by atoms with van der Waals surface area (Å²) in [7, 11) is 3.76. The second kappa shape index (κ2) is 6.85. The standard InChI is InChI=1S/C14H24N8/c1-10-7-21(8-11(2)22(10)6-5-15)9-12-17-13(16)19-14(18-12)20(3)4/h10-11H,6-9H2,1-4H3,(H2,16,17,18,19). The quantitative estimate of drug-likeness (QED) is 0.772. The topological polar surface area (TPSA) is 98.2 Å². The normalized spacial score (nSPS) is 23.2. The van der Waals surface area contributed by atoms with Crippen molar-refractivity contribution in [3.63, 3.8) is 0 Å². The Labute approximate surface area is 131 Å². The van der Waals surface area contributed by atoms with Crippen molar-refractivity contribution in [1.82, 2.24) is 24.8 Å². The highest BCUT2D eigenvalue weighted by Gasteiger charge is 2.29. The van der Waals surface area contributed by atoms with E-state index in [0.29, 0.717) is 36.9 Å². The Bertz CT molecular complexity index is 540. The lowest BCUT2D eigenvalue weighted by atomic mass is 10.1. The maximum atomic E-state index is 8.92. The van der Waals surface area contributed by atoms with Gasteiger partial charge in [-0.25, -0.2) is 0 Å². The molecule has 0 radical (unpaired) electrons. The lowest BCUT2D eigenvalue weighted by molar-refractivity contribution is 0.0439. The Hall–Kier alpha value is -1.98. The van der Waals surface area contributed by atoms with Crippen LogP contribution in [0.1, 0.15) is 19.7 Å². The summed E-state index contributed by atoms with van der Waals surface area (Å²) in [4.78, 5) is 19.1. The van der Waals surface area contributed by atoms with Crippen LogP contribution in [0.4, 0.5) is 11.9 Å². The average molecular weight is 304 g/mol. The van der Waals surface area contributed by atoms with Crippen LogP contribution in [0.15, 0.2) is 0 Å². The molecule has 1 aliphatic rings. The molecule has 1 aliphatic heterocycles. The summed E-state index contributed by atoms with van der Waals surface area (Å²) in [6.07, 6.45) is 0. The van der Waals surface area contributed by atoms with Crippen LogP contribution in [0, 0.1) is 11.3 Å². The van der Waals surface area contributed by atoms with E-state index >= 15 is 0 Å². The molecule has 1 aromatic heterocycles. The van der Waals surface area contributed by atoms with Crippen LogP contribution in [0.3, 0.4) is 0 Å². The van der Waals surface area contributed by atoms with Crippen LogP contribution in [0.2, 0.25) is 0 Å². The van der Waals surface area contributed by atoms with Gasteiger partial charge in [-0.15, -0.1) is 0 Å². The molecule has 0 aromatic carbocycles. The first-order valence-corrected chi connectivity index (χ1v) is 7.43. The van der Waals surface area contributed by atoms with E-state index in [4.69, 9.17) is 11.0 Å². The minimum atomic E-state index is 0.248. The van der Waals surface area contributed by atoms with E-state index in [2.05, 4.69) is 44.7 Å². The number of rotatable bonds is 4. The molecular formula is C14H24N8. The third-order valence-electron chi connectivity index (χ3n) is 3.88. The fourth-order valence-corrected chi connectivity index (χ4v) is 2.88. The molecule has 120 valence electrons. The van der Waals surface area contributed by atoms with Crippen LogP contribution >= 0.6 is 0 Å². The Morgan fingerprint density at radius 2 is 1.86 bits per heavy atom. The first-order valence-electron chi connectivity index (χ1n) is 7.43. The van der Waals surface area contributed by atoms with Gasteiger partial charge < -0.3 is 10.6 Å². The Morgan fingerprint density at radius 1 is 1.23 bits per heavy atom. The van der Waals surface area contributed by atoms with E-state index < -0.39 is 0 Å². The number of nitrogens with zero attached hydrogens (tertiary/aromatic N) is 7. The minimum absolute atomic E-state index is 0.248. The fraction of sp³-hybridized carbons (Fsp3) is 0.714. The smallest absolute Gasteiger partial charge is 0.229 e. The van der Waals surface area contributed by atoms with Gasteiger partial charge in [0.05, 0.1) is 19.2 Å². The fourth-order valence-electron chi connectivity index (χ4n) is 2.88. The minimum Gasteiger partial charge on any atom is -0.368 e. The zero-order chi connectivity index (χ0) is 16.3. The molecule has 2 N–H and O–H groups in total. The van der Waals surface area contributed by atoms with Crippen LogP contribution in [-0.2, 0) is 6.54 Å². The third kappa shape index (κ3) is 3.81. The van der Waals surface area contributed by atoms with E-state index in [9.17, 15) is 0 Å². The highest BCUT2D eigenvalue weighted by atomic mass is 15.3. The van der Waals surface area contributed by atoms with Gasteiger partial charge in [-0.2, -0.15) is 20.2 Å². The van der Waals surface area contributed by atoms with Crippen LogP contribution in [0.5, 0.6) is 0 Å². The molecule has 1 fully saturated rings. The molecule has 0 aliphatic carbocycles. The van der Waals surface area contributed by atoms with E-state index in [1.165, 1.54) is 0 Å². The van der Waals surface area contributed by atoms with Crippen molar-refractivity contribution in [2.24, 2.45) is 0 Å². The van der Waals surface area contributed by atoms with Crippen molar-refractivity contribution in [2.45, 2.75) is 32.5 Å². The summed E-state index contributed by atoms with van der Waals surface area (Å²) < 4.78 is 0. The van der Waals surface area contributed by atoms with Gasteiger partial charge >= 0.3 is 0 Å². The van der Waals surface area contributed by atoms with E-state index in [1.807, 2.05) is 19.0 Å². The van der Waals surface area contributed by atoms with Crippen LogP contribution in [0.25, 0.3) is 0 Å². The predicted octanol–water partition coefficient (Wildman–Crippen LogP) is -0.0620. The van der Waals surface area contributed by atoms with Gasteiger partial charge in [-0.05, 0) is 13.8 Å². The van der Waals surface area contributed by atoms with Crippen LogP contribution < -0.4 is 10.6 Å². The van der Waals surface area contributed by atoms with Crippen molar-refractivity contribution in [3.8, 4) is 6.07 Å². The van der Waals surface area contributed by atoms with Crippen molar-refractivity contribution < 1.29 is 0 Å². The Balaban J connectivity index is 2.07. The lowest BCUT2D eigenvalue weighted by Crippen LogP contribution is -2.56. The van der Waals surface area contributed by atoms with E-state index in [1.54, 1.807) is 0 Å². The first-order chi connectivity index (χ1) is 10.4. The maximum absolute atomic E-state index is 8.92. The summed E-state index contributed by atoms with van der Waals surface area (Å²) in [5.74, 6) is 1.51. The average Bonchev–Trinajstić information content (AvgIpc) is 2.42. The van der Waals surface area contributed by atoms with Gasteiger partial charge in [0.15, 0.2) is 0 Å². The zero-order valence-electron chi connectivity index (χ0n) is 13.7. The molecule has 22 heavy (non-hydrogen) atoms. The molecule has 2 heterocycles. The molecule has 0 bridgehead atoms. The summed E-state index contributed by atoms with van der Waals surface area (Å²) in [6, 6.07) is 2.90. The van der Waals surface area contributed by atoms with Crippen molar-refractivity contribution >= 4 is 11.9 Å². The number of aromatic nitrogens is 3. The molecule has 2 unspecified atom stereocenters. The van der Waals surface area contributed by atoms with Crippen LogP contribution in [-0.4, -0.2) is 70.6 Å². The Morgan fingerprint density at radius 3 is 2.41 bits per heavy atom. The molecule has 2 atom stereocenters. The number of nitrogens with two attached hydrogens (primary N) is 1. The molecule has 1 saturated heterocycles. The van der Waals surface area contributed by atoms with Gasteiger partial charge in [0.2, 0.25) is 11.9 Å². The first kappa shape index (κ1) is 16.4. The van der Waals surface area contributed by atoms with Crippen molar-refractivity contribution in [3.05, 3.63) is 5.82 Å². The zero-order valence-corrected chi connectivity index (χ0v) is 13.7. The SMILES string of the molecule is CC1CN(Cc2nc(N)nc(N(C)C)n2)CC(C)N1CC#N. The second-order valence-corrected chi connectivity index (χ2v) is 6.03. The predicted molar refractivity (Wildman–Crippen MR) is 85.1 cm³/mol. The molecule has 2 rings (SSSR count). The number of hydrogen-bond donors (Lipinski definition) is 1. The number of piperazine rings is 1. The molecule has 1 aromatic rings. The number of nitriles is 1. The largest absolute Gasteiger partial charge is 0.368 e. The molecule has 0 saturated carbocycles. The molecule has 0 spiro atoms. The summed E-state index contributed by atoms with van der Waals surface area (Å²) in [5.41, 5.74) is 5.77. The maximum Gasteiger partial charge on any atom is 0.229 e. The monoisotopic (exact) mass is 304 g/mol.